The van der Waals surface area contributed by atoms with Crippen LogP contribution in [0.1, 0.15) is 36.7 Å². The lowest BCUT2D eigenvalue weighted by Gasteiger charge is -2.28. The number of methoxy groups -OCH3 is 1. The number of hydrogen-bond donors (Lipinski definition) is 1. The summed E-state index contributed by atoms with van der Waals surface area (Å²) in [5, 5.41) is 3.28. The summed E-state index contributed by atoms with van der Waals surface area (Å²) in [5.41, 5.74) is 1.54. The molecule has 0 aliphatic rings. The normalized spacial score (nSPS) is 11.1. The number of Topliss-reactive ketones (excluding diaryl/α,β-unsaturated/α-hetero) is 1. The molecule has 0 amide bonds. The summed E-state index contributed by atoms with van der Waals surface area (Å²) in [5.74, 6) is 0.190. The van der Waals surface area contributed by atoms with Gasteiger partial charge in [0, 0.05) is 11.3 Å². The van der Waals surface area contributed by atoms with E-state index in [1.807, 2.05) is 38.1 Å². The molecule has 0 aromatic heterocycles. The first-order valence-corrected chi connectivity index (χ1v) is 7.06. The molecular formula is C18H20FNO2. The summed E-state index contributed by atoms with van der Waals surface area (Å²) in [4.78, 5) is 11.4. The average Bonchev–Trinajstić information content (AvgIpc) is 2.46. The fourth-order valence-electron chi connectivity index (χ4n) is 2.31. The molecule has 0 bridgehead atoms. The zero-order valence-corrected chi connectivity index (χ0v) is 13.2. The number of halogens is 1. The first-order chi connectivity index (χ1) is 10.3. The molecule has 4 heteroatoms. The lowest BCUT2D eigenvalue weighted by molar-refractivity contribution is 0.101. The van der Waals surface area contributed by atoms with Crippen LogP contribution in [0.4, 0.5) is 10.1 Å². The van der Waals surface area contributed by atoms with Crippen molar-refractivity contribution in [3.05, 3.63) is 59.4 Å². The van der Waals surface area contributed by atoms with E-state index in [0.29, 0.717) is 11.3 Å². The van der Waals surface area contributed by atoms with Gasteiger partial charge in [0.05, 0.1) is 12.6 Å². The Labute approximate surface area is 130 Å². The Morgan fingerprint density at radius 1 is 1.14 bits per heavy atom. The Morgan fingerprint density at radius 2 is 1.77 bits per heavy atom. The van der Waals surface area contributed by atoms with E-state index < -0.39 is 11.4 Å². The summed E-state index contributed by atoms with van der Waals surface area (Å²) in [6.45, 7) is 5.41. The van der Waals surface area contributed by atoms with Crippen LogP contribution in [-0.2, 0) is 5.54 Å². The number of ketones is 1. The number of rotatable bonds is 5. The van der Waals surface area contributed by atoms with Crippen molar-refractivity contribution < 1.29 is 13.9 Å². The molecule has 1 N–H and O–H groups in total. The largest absolute Gasteiger partial charge is 0.497 e. The van der Waals surface area contributed by atoms with Crippen LogP contribution < -0.4 is 10.1 Å². The van der Waals surface area contributed by atoms with Crippen molar-refractivity contribution in [2.75, 3.05) is 12.4 Å². The SMILES string of the molecule is COc1ccc(C(C)(C)Nc2cc(F)cc(C(C)=O)c2)cc1. The van der Waals surface area contributed by atoms with Gasteiger partial charge in [-0.25, -0.2) is 4.39 Å². The third-order valence-electron chi connectivity index (χ3n) is 3.57. The number of hydrogen-bond acceptors (Lipinski definition) is 3. The van der Waals surface area contributed by atoms with Crippen molar-refractivity contribution in [2.24, 2.45) is 0 Å². The fourth-order valence-corrected chi connectivity index (χ4v) is 2.31. The Morgan fingerprint density at radius 3 is 2.32 bits per heavy atom. The molecule has 2 rings (SSSR count). The molecule has 0 unspecified atom stereocenters. The molecule has 0 radical (unpaired) electrons. The van der Waals surface area contributed by atoms with Crippen LogP contribution in [0.15, 0.2) is 42.5 Å². The third-order valence-corrected chi connectivity index (χ3v) is 3.57. The van der Waals surface area contributed by atoms with Gasteiger partial charge >= 0.3 is 0 Å². The van der Waals surface area contributed by atoms with Gasteiger partial charge < -0.3 is 10.1 Å². The van der Waals surface area contributed by atoms with Gasteiger partial charge in [-0.05, 0) is 56.7 Å². The predicted molar refractivity (Wildman–Crippen MR) is 86.0 cm³/mol. The van der Waals surface area contributed by atoms with Crippen LogP contribution >= 0.6 is 0 Å². The van der Waals surface area contributed by atoms with Gasteiger partial charge in [0.15, 0.2) is 5.78 Å². The van der Waals surface area contributed by atoms with Gasteiger partial charge in [-0.2, -0.15) is 0 Å². The number of carbonyl (C=O) groups excluding carboxylic acids is 1. The number of carbonyl (C=O) groups is 1. The highest BCUT2D eigenvalue weighted by atomic mass is 19.1. The lowest BCUT2D eigenvalue weighted by atomic mass is 9.93. The highest BCUT2D eigenvalue weighted by Gasteiger charge is 2.21. The molecule has 0 fully saturated rings. The number of benzene rings is 2. The van der Waals surface area contributed by atoms with Gasteiger partial charge in [-0.1, -0.05) is 12.1 Å². The van der Waals surface area contributed by atoms with Crippen LogP contribution in [0.25, 0.3) is 0 Å². The van der Waals surface area contributed by atoms with E-state index in [2.05, 4.69) is 5.32 Å². The predicted octanol–water partition coefficient (Wildman–Crippen LogP) is 4.38. The molecule has 0 aliphatic heterocycles. The van der Waals surface area contributed by atoms with E-state index >= 15 is 0 Å². The smallest absolute Gasteiger partial charge is 0.159 e. The van der Waals surface area contributed by atoms with E-state index in [9.17, 15) is 9.18 Å². The highest BCUT2D eigenvalue weighted by molar-refractivity contribution is 5.95. The maximum atomic E-state index is 13.7. The molecule has 0 heterocycles. The van der Waals surface area contributed by atoms with E-state index in [4.69, 9.17) is 4.74 Å². The molecule has 2 aromatic carbocycles. The first kappa shape index (κ1) is 16.0. The molecule has 0 spiro atoms. The number of anilines is 1. The molecule has 3 nitrogen and oxygen atoms in total. The minimum Gasteiger partial charge on any atom is -0.497 e. The lowest BCUT2D eigenvalue weighted by Crippen LogP contribution is -2.28. The second-order valence-corrected chi connectivity index (χ2v) is 5.76. The van der Waals surface area contributed by atoms with Gasteiger partial charge in [0.25, 0.3) is 0 Å². The van der Waals surface area contributed by atoms with E-state index in [1.165, 1.54) is 19.1 Å². The standard InChI is InChI=1S/C18H20FNO2/c1-12(21)13-9-15(19)11-16(10-13)20-18(2,3)14-5-7-17(22-4)8-6-14/h5-11,20H,1-4H3. The second kappa shape index (κ2) is 6.18. The van der Waals surface area contributed by atoms with Crippen molar-refractivity contribution in [1.82, 2.24) is 0 Å². The number of ether oxygens (including phenoxy) is 1. The van der Waals surface area contributed by atoms with Crippen LogP contribution in [0, 0.1) is 5.82 Å². The summed E-state index contributed by atoms with van der Waals surface area (Å²) in [7, 11) is 1.62. The van der Waals surface area contributed by atoms with Gasteiger partial charge in [-0.3, -0.25) is 4.79 Å². The van der Waals surface area contributed by atoms with E-state index in [1.54, 1.807) is 13.2 Å². The van der Waals surface area contributed by atoms with Crippen molar-refractivity contribution in [1.29, 1.82) is 0 Å². The third kappa shape index (κ3) is 3.64. The summed E-state index contributed by atoms with van der Waals surface area (Å²) >= 11 is 0. The summed E-state index contributed by atoms with van der Waals surface area (Å²) in [6.07, 6.45) is 0. The van der Waals surface area contributed by atoms with Crippen molar-refractivity contribution in [2.45, 2.75) is 26.3 Å². The van der Waals surface area contributed by atoms with Crippen LogP contribution in [0.3, 0.4) is 0 Å². The molecule has 0 saturated carbocycles. The maximum Gasteiger partial charge on any atom is 0.159 e. The molecule has 0 saturated heterocycles. The molecule has 116 valence electrons. The zero-order valence-electron chi connectivity index (χ0n) is 13.2. The molecular weight excluding hydrogens is 281 g/mol. The fraction of sp³-hybridized carbons (Fsp3) is 0.278. The van der Waals surface area contributed by atoms with Crippen LogP contribution in [-0.4, -0.2) is 12.9 Å². The average molecular weight is 301 g/mol. The van der Waals surface area contributed by atoms with Gasteiger partial charge in [-0.15, -0.1) is 0 Å². The summed E-state index contributed by atoms with van der Waals surface area (Å²) < 4.78 is 18.8. The van der Waals surface area contributed by atoms with Crippen molar-refractivity contribution in [3.63, 3.8) is 0 Å². The molecule has 2 aromatic rings. The zero-order chi connectivity index (χ0) is 16.3. The maximum absolute atomic E-state index is 13.7. The van der Waals surface area contributed by atoms with Crippen LogP contribution in [0.5, 0.6) is 5.75 Å². The van der Waals surface area contributed by atoms with E-state index in [-0.39, 0.29) is 5.78 Å². The minimum atomic E-state index is -0.430. The van der Waals surface area contributed by atoms with Gasteiger partial charge in [0.1, 0.15) is 11.6 Å². The molecule has 0 aliphatic carbocycles. The topological polar surface area (TPSA) is 38.3 Å². The minimum absolute atomic E-state index is 0.162. The Balaban J connectivity index is 2.29. The van der Waals surface area contributed by atoms with Crippen molar-refractivity contribution >= 4 is 11.5 Å². The highest BCUT2D eigenvalue weighted by Crippen LogP contribution is 2.28. The summed E-state index contributed by atoms with van der Waals surface area (Å²) in [6, 6.07) is 12.0. The Hall–Kier alpha value is -2.36. The first-order valence-electron chi connectivity index (χ1n) is 7.06. The molecule has 22 heavy (non-hydrogen) atoms. The second-order valence-electron chi connectivity index (χ2n) is 5.76. The number of nitrogens with one attached hydrogen (secondary N) is 1. The quantitative estimate of drug-likeness (QED) is 0.833. The van der Waals surface area contributed by atoms with Gasteiger partial charge in [0.2, 0.25) is 0 Å². The Kier molecular flexibility index (Phi) is 4.50. The van der Waals surface area contributed by atoms with Crippen LogP contribution in [0.2, 0.25) is 0 Å². The van der Waals surface area contributed by atoms with E-state index in [0.717, 1.165) is 11.3 Å². The molecule has 0 atom stereocenters. The monoisotopic (exact) mass is 301 g/mol. The van der Waals surface area contributed by atoms with Crippen molar-refractivity contribution in [3.8, 4) is 5.75 Å². The Bertz CT molecular complexity index is 678.